The predicted molar refractivity (Wildman–Crippen MR) is 81.0 cm³/mol. The standard InChI is InChI=1S/C16H22N2O3/c1-4-18(12-5-6-12)15(19)9-21-16(20)13-8-14(17)11(3)7-10(13)2/h7-8,12H,4-6,9,17H2,1-3H3. The zero-order chi connectivity index (χ0) is 15.6. The fraction of sp³-hybridized carbons (Fsp3) is 0.500. The SMILES string of the molecule is CCN(C(=O)COC(=O)c1cc(N)c(C)cc1C)C1CC1. The molecule has 0 radical (unpaired) electrons. The first-order valence-electron chi connectivity index (χ1n) is 7.27. The molecule has 21 heavy (non-hydrogen) atoms. The van der Waals surface area contributed by atoms with Crippen LogP contribution in [0.1, 0.15) is 41.3 Å². The molecule has 5 nitrogen and oxygen atoms in total. The highest BCUT2D eigenvalue weighted by Gasteiger charge is 2.31. The van der Waals surface area contributed by atoms with E-state index in [2.05, 4.69) is 0 Å². The Morgan fingerprint density at radius 3 is 2.52 bits per heavy atom. The summed E-state index contributed by atoms with van der Waals surface area (Å²) >= 11 is 0. The van der Waals surface area contributed by atoms with E-state index in [9.17, 15) is 9.59 Å². The molecular weight excluding hydrogens is 268 g/mol. The topological polar surface area (TPSA) is 72.6 Å². The summed E-state index contributed by atoms with van der Waals surface area (Å²) in [5.41, 5.74) is 8.51. The first-order chi connectivity index (χ1) is 9.93. The molecule has 1 aliphatic rings. The number of nitrogen functional groups attached to an aromatic ring is 1. The van der Waals surface area contributed by atoms with Gasteiger partial charge < -0.3 is 15.4 Å². The van der Waals surface area contributed by atoms with E-state index < -0.39 is 5.97 Å². The lowest BCUT2D eigenvalue weighted by molar-refractivity contribution is -0.134. The number of esters is 1. The van der Waals surface area contributed by atoms with E-state index >= 15 is 0 Å². The normalized spacial score (nSPS) is 13.9. The molecule has 0 bridgehead atoms. The maximum atomic E-state index is 12.1. The predicted octanol–water partition coefficient (Wildman–Crippen LogP) is 2.05. The van der Waals surface area contributed by atoms with E-state index in [1.807, 2.05) is 26.8 Å². The number of rotatable bonds is 5. The van der Waals surface area contributed by atoms with Crippen LogP contribution in [0.5, 0.6) is 0 Å². The van der Waals surface area contributed by atoms with Gasteiger partial charge in [-0.05, 0) is 50.8 Å². The molecule has 0 aromatic heterocycles. The van der Waals surface area contributed by atoms with E-state index in [1.165, 1.54) is 0 Å². The first-order valence-corrected chi connectivity index (χ1v) is 7.27. The van der Waals surface area contributed by atoms with Crippen LogP contribution in [0.3, 0.4) is 0 Å². The van der Waals surface area contributed by atoms with Gasteiger partial charge in [-0.3, -0.25) is 4.79 Å². The summed E-state index contributed by atoms with van der Waals surface area (Å²) in [5, 5.41) is 0. The van der Waals surface area contributed by atoms with E-state index in [0.29, 0.717) is 23.8 Å². The fourth-order valence-electron chi connectivity index (χ4n) is 2.40. The third-order valence-electron chi connectivity index (χ3n) is 3.81. The summed E-state index contributed by atoms with van der Waals surface area (Å²) < 4.78 is 5.14. The second-order valence-corrected chi connectivity index (χ2v) is 5.51. The van der Waals surface area contributed by atoms with E-state index in [1.54, 1.807) is 11.0 Å². The highest BCUT2D eigenvalue weighted by Crippen LogP contribution is 2.26. The smallest absolute Gasteiger partial charge is 0.338 e. The number of aryl methyl sites for hydroxylation is 2. The van der Waals surface area contributed by atoms with Gasteiger partial charge in [-0.1, -0.05) is 6.07 Å². The zero-order valence-corrected chi connectivity index (χ0v) is 12.8. The Morgan fingerprint density at radius 1 is 1.29 bits per heavy atom. The second kappa shape index (κ2) is 6.16. The van der Waals surface area contributed by atoms with Crippen molar-refractivity contribution < 1.29 is 14.3 Å². The average Bonchev–Trinajstić information content (AvgIpc) is 3.25. The van der Waals surface area contributed by atoms with Crippen molar-refractivity contribution in [2.45, 2.75) is 39.7 Å². The van der Waals surface area contributed by atoms with Crippen molar-refractivity contribution >= 4 is 17.6 Å². The molecule has 1 aromatic carbocycles. The number of hydrogen-bond acceptors (Lipinski definition) is 4. The molecule has 1 aliphatic carbocycles. The minimum atomic E-state index is -0.501. The number of anilines is 1. The molecule has 0 heterocycles. The lowest BCUT2D eigenvalue weighted by Gasteiger charge is -2.20. The summed E-state index contributed by atoms with van der Waals surface area (Å²) in [6.07, 6.45) is 2.09. The molecule has 1 saturated carbocycles. The Labute approximate surface area is 125 Å². The van der Waals surface area contributed by atoms with Gasteiger partial charge in [-0.15, -0.1) is 0 Å². The second-order valence-electron chi connectivity index (χ2n) is 5.51. The molecular formula is C16H22N2O3. The van der Waals surface area contributed by atoms with Crippen LogP contribution in [-0.2, 0) is 9.53 Å². The molecule has 1 fully saturated rings. The summed E-state index contributed by atoms with van der Waals surface area (Å²) in [5.74, 6) is -0.634. The molecule has 0 aliphatic heterocycles. The van der Waals surface area contributed by atoms with Gasteiger partial charge in [0.15, 0.2) is 6.61 Å². The van der Waals surface area contributed by atoms with Crippen LogP contribution in [0.25, 0.3) is 0 Å². The van der Waals surface area contributed by atoms with Crippen molar-refractivity contribution in [3.05, 3.63) is 28.8 Å². The first kappa shape index (κ1) is 15.4. The number of ether oxygens (including phenoxy) is 1. The Hall–Kier alpha value is -2.04. The number of amides is 1. The minimum absolute atomic E-state index is 0.133. The van der Waals surface area contributed by atoms with Crippen molar-refractivity contribution in [3.8, 4) is 0 Å². The zero-order valence-electron chi connectivity index (χ0n) is 12.8. The van der Waals surface area contributed by atoms with Crippen LogP contribution in [0.15, 0.2) is 12.1 Å². The minimum Gasteiger partial charge on any atom is -0.452 e. The molecule has 0 spiro atoms. The molecule has 1 aromatic rings. The molecule has 114 valence electrons. The largest absolute Gasteiger partial charge is 0.452 e. The Kier molecular flexibility index (Phi) is 4.50. The number of likely N-dealkylation sites (N-methyl/N-ethyl adjacent to an activating group) is 1. The van der Waals surface area contributed by atoms with E-state index in [0.717, 1.165) is 24.0 Å². The van der Waals surface area contributed by atoms with Gasteiger partial charge in [0.2, 0.25) is 0 Å². The van der Waals surface area contributed by atoms with Crippen LogP contribution in [0, 0.1) is 13.8 Å². The van der Waals surface area contributed by atoms with Gasteiger partial charge in [-0.2, -0.15) is 0 Å². The van der Waals surface area contributed by atoms with Crippen molar-refractivity contribution in [1.82, 2.24) is 4.90 Å². The van der Waals surface area contributed by atoms with Crippen LogP contribution < -0.4 is 5.73 Å². The number of nitrogens with two attached hydrogens (primary N) is 1. The van der Waals surface area contributed by atoms with Crippen molar-refractivity contribution in [3.63, 3.8) is 0 Å². The number of benzene rings is 1. The van der Waals surface area contributed by atoms with Crippen molar-refractivity contribution in [2.75, 3.05) is 18.9 Å². The van der Waals surface area contributed by atoms with E-state index in [-0.39, 0.29) is 12.5 Å². The third kappa shape index (κ3) is 3.54. The number of hydrogen-bond donors (Lipinski definition) is 1. The lowest BCUT2D eigenvalue weighted by Crippen LogP contribution is -2.36. The number of nitrogens with zero attached hydrogens (tertiary/aromatic N) is 1. The van der Waals surface area contributed by atoms with Crippen molar-refractivity contribution in [1.29, 1.82) is 0 Å². The number of carbonyl (C=O) groups is 2. The van der Waals surface area contributed by atoms with Gasteiger partial charge in [0.25, 0.3) is 5.91 Å². The highest BCUT2D eigenvalue weighted by atomic mass is 16.5. The van der Waals surface area contributed by atoms with Gasteiger partial charge in [0.1, 0.15) is 0 Å². The van der Waals surface area contributed by atoms with Gasteiger partial charge in [0, 0.05) is 18.3 Å². The summed E-state index contributed by atoms with van der Waals surface area (Å²) in [6, 6.07) is 3.78. The average molecular weight is 290 g/mol. The molecule has 0 unspecified atom stereocenters. The fourth-order valence-corrected chi connectivity index (χ4v) is 2.40. The monoisotopic (exact) mass is 290 g/mol. The Bertz CT molecular complexity index is 565. The van der Waals surface area contributed by atoms with Crippen molar-refractivity contribution in [2.24, 2.45) is 0 Å². The molecule has 0 saturated heterocycles. The number of carbonyl (C=O) groups excluding carboxylic acids is 2. The van der Waals surface area contributed by atoms with Gasteiger partial charge >= 0.3 is 5.97 Å². The highest BCUT2D eigenvalue weighted by molar-refractivity contribution is 5.94. The van der Waals surface area contributed by atoms with Crippen LogP contribution >= 0.6 is 0 Å². The molecule has 2 rings (SSSR count). The van der Waals surface area contributed by atoms with Crippen LogP contribution in [-0.4, -0.2) is 36.0 Å². The summed E-state index contributed by atoms with van der Waals surface area (Å²) in [6.45, 7) is 6.08. The van der Waals surface area contributed by atoms with Crippen LogP contribution in [0.4, 0.5) is 5.69 Å². The summed E-state index contributed by atoms with van der Waals surface area (Å²) in [4.78, 5) is 25.9. The Morgan fingerprint density at radius 2 is 1.95 bits per heavy atom. The summed E-state index contributed by atoms with van der Waals surface area (Å²) in [7, 11) is 0. The van der Waals surface area contributed by atoms with Gasteiger partial charge in [0.05, 0.1) is 5.56 Å². The lowest BCUT2D eigenvalue weighted by atomic mass is 10.0. The Balaban J connectivity index is 1.98. The molecule has 2 N–H and O–H groups in total. The molecule has 1 amide bonds. The van der Waals surface area contributed by atoms with Crippen LogP contribution in [0.2, 0.25) is 0 Å². The van der Waals surface area contributed by atoms with Gasteiger partial charge in [-0.25, -0.2) is 4.79 Å². The molecule has 5 heteroatoms. The third-order valence-corrected chi connectivity index (χ3v) is 3.81. The maximum absolute atomic E-state index is 12.1. The van der Waals surface area contributed by atoms with E-state index in [4.69, 9.17) is 10.5 Å². The maximum Gasteiger partial charge on any atom is 0.338 e. The quantitative estimate of drug-likeness (QED) is 0.665. The molecule has 0 atom stereocenters.